The summed E-state index contributed by atoms with van der Waals surface area (Å²) in [6.07, 6.45) is 4.11. The minimum Gasteiger partial charge on any atom is -0.353 e. The fourth-order valence-corrected chi connectivity index (χ4v) is 2.57. The number of hydrogen-bond acceptors (Lipinski definition) is 5. The second-order valence-electron chi connectivity index (χ2n) is 5.57. The Morgan fingerprint density at radius 2 is 2.00 bits per heavy atom. The molecule has 0 aromatic carbocycles. The SMILES string of the molecule is Cc1nnc(NCC2CCN(C3CC3)C2)nc1C. The van der Waals surface area contributed by atoms with Gasteiger partial charge in [-0.15, -0.1) is 5.10 Å². The molecule has 0 amide bonds. The molecule has 98 valence electrons. The van der Waals surface area contributed by atoms with Crippen molar-refractivity contribution in [1.82, 2.24) is 20.1 Å². The lowest BCUT2D eigenvalue weighted by Gasteiger charge is -2.15. The maximum atomic E-state index is 4.40. The molecule has 0 bridgehead atoms. The number of hydrogen-bond donors (Lipinski definition) is 1. The van der Waals surface area contributed by atoms with Gasteiger partial charge in [-0.1, -0.05) is 0 Å². The summed E-state index contributed by atoms with van der Waals surface area (Å²) in [6.45, 7) is 7.37. The first-order valence-corrected chi connectivity index (χ1v) is 6.88. The number of likely N-dealkylation sites (tertiary alicyclic amines) is 1. The third kappa shape index (κ3) is 2.61. The smallest absolute Gasteiger partial charge is 0.242 e. The second kappa shape index (κ2) is 4.80. The number of aryl methyl sites for hydroxylation is 2. The predicted molar refractivity (Wildman–Crippen MR) is 70.5 cm³/mol. The molecule has 5 heteroatoms. The van der Waals surface area contributed by atoms with E-state index in [9.17, 15) is 0 Å². The molecule has 1 unspecified atom stereocenters. The van der Waals surface area contributed by atoms with Crippen molar-refractivity contribution >= 4 is 5.95 Å². The van der Waals surface area contributed by atoms with E-state index in [0.29, 0.717) is 5.95 Å². The molecule has 1 aromatic rings. The van der Waals surface area contributed by atoms with Gasteiger partial charge in [0.2, 0.25) is 5.95 Å². The monoisotopic (exact) mass is 247 g/mol. The van der Waals surface area contributed by atoms with Gasteiger partial charge in [-0.05, 0) is 45.6 Å². The molecule has 2 aliphatic rings. The minimum atomic E-state index is 0.669. The lowest BCUT2D eigenvalue weighted by molar-refractivity contribution is 0.316. The van der Waals surface area contributed by atoms with E-state index in [-0.39, 0.29) is 0 Å². The first kappa shape index (κ1) is 11.8. The Labute approximate surface area is 108 Å². The summed E-state index contributed by atoms with van der Waals surface area (Å²) in [5, 5.41) is 11.5. The van der Waals surface area contributed by atoms with Crippen molar-refractivity contribution in [2.45, 2.75) is 39.2 Å². The first-order chi connectivity index (χ1) is 8.72. The topological polar surface area (TPSA) is 53.9 Å². The summed E-state index contributed by atoms with van der Waals surface area (Å²) in [5.74, 6) is 1.40. The van der Waals surface area contributed by atoms with Gasteiger partial charge in [-0.3, -0.25) is 0 Å². The van der Waals surface area contributed by atoms with Gasteiger partial charge in [0, 0.05) is 19.1 Å². The Kier molecular flexibility index (Phi) is 3.16. The molecule has 3 rings (SSSR count). The van der Waals surface area contributed by atoms with Crippen LogP contribution in [0.4, 0.5) is 5.95 Å². The van der Waals surface area contributed by atoms with Crippen molar-refractivity contribution in [2.24, 2.45) is 5.92 Å². The third-order valence-corrected chi connectivity index (χ3v) is 4.02. The Bertz CT molecular complexity index is 429. The number of anilines is 1. The molecule has 1 saturated heterocycles. The van der Waals surface area contributed by atoms with Crippen LogP contribution < -0.4 is 5.32 Å². The van der Waals surface area contributed by atoms with Gasteiger partial charge in [0.25, 0.3) is 0 Å². The summed E-state index contributed by atoms with van der Waals surface area (Å²) in [6, 6.07) is 0.898. The standard InChI is InChI=1S/C13H21N5/c1-9-10(2)16-17-13(15-9)14-7-11-5-6-18(8-11)12-3-4-12/h11-12H,3-8H2,1-2H3,(H,14,15,17). The molecular weight excluding hydrogens is 226 g/mol. The van der Waals surface area contributed by atoms with Crippen molar-refractivity contribution in [3.8, 4) is 0 Å². The van der Waals surface area contributed by atoms with Crippen molar-refractivity contribution < 1.29 is 0 Å². The second-order valence-corrected chi connectivity index (χ2v) is 5.57. The predicted octanol–water partition coefficient (Wildman–Crippen LogP) is 1.38. The number of nitrogens with one attached hydrogen (secondary N) is 1. The molecule has 1 atom stereocenters. The lowest BCUT2D eigenvalue weighted by atomic mass is 10.1. The van der Waals surface area contributed by atoms with Crippen LogP contribution in [0, 0.1) is 19.8 Å². The van der Waals surface area contributed by atoms with Crippen LogP contribution in [-0.2, 0) is 0 Å². The summed E-state index contributed by atoms with van der Waals surface area (Å²) >= 11 is 0. The van der Waals surface area contributed by atoms with Crippen LogP contribution in [-0.4, -0.2) is 45.8 Å². The van der Waals surface area contributed by atoms with Crippen LogP contribution in [0.5, 0.6) is 0 Å². The van der Waals surface area contributed by atoms with E-state index in [1.165, 1.54) is 32.4 Å². The van der Waals surface area contributed by atoms with Crippen LogP contribution in [0.15, 0.2) is 0 Å². The number of aromatic nitrogens is 3. The van der Waals surface area contributed by atoms with Gasteiger partial charge >= 0.3 is 0 Å². The largest absolute Gasteiger partial charge is 0.353 e. The molecule has 0 radical (unpaired) electrons. The van der Waals surface area contributed by atoms with E-state index in [0.717, 1.165) is 29.9 Å². The summed E-state index contributed by atoms with van der Waals surface area (Å²) in [5.41, 5.74) is 1.86. The Morgan fingerprint density at radius 1 is 1.17 bits per heavy atom. The van der Waals surface area contributed by atoms with E-state index >= 15 is 0 Å². The average Bonchev–Trinajstić information content (AvgIpc) is 3.11. The maximum Gasteiger partial charge on any atom is 0.242 e. The fourth-order valence-electron chi connectivity index (χ4n) is 2.57. The number of rotatable bonds is 4. The van der Waals surface area contributed by atoms with Crippen LogP contribution >= 0.6 is 0 Å². The zero-order valence-corrected chi connectivity index (χ0v) is 11.2. The highest BCUT2D eigenvalue weighted by molar-refractivity contribution is 5.24. The molecule has 2 fully saturated rings. The third-order valence-electron chi connectivity index (χ3n) is 4.02. The molecule has 1 saturated carbocycles. The normalized spacial score (nSPS) is 24.4. The zero-order chi connectivity index (χ0) is 12.5. The van der Waals surface area contributed by atoms with E-state index in [1.54, 1.807) is 0 Å². The van der Waals surface area contributed by atoms with Gasteiger partial charge in [0.15, 0.2) is 0 Å². The highest BCUT2D eigenvalue weighted by Crippen LogP contribution is 2.31. The summed E-state index contributed by atoms with van der Waals surface area (Å²) < 4.78 is 0. The maximum absolute atomic E-state index is 4.40. The van der Waals surface area contributed by atoms with Gasteiger partial charge in [0.05, 0.1) is 11.4 Å². The van der Waals surface area contributed by atoms with E-state index < -0.39 is 0 Å². The van der Waals surface area contributed by atoms with Gasteiger partial charge < -0.3 is 10.2 Å². The van der Waals surface area contributed by atoms with Crippen LogP contribution in [0.1, 0.15) is 30.7 Å². The Balaban J connectivity index is 1.50. The molecule has 1 aliphatic heterocycles. The molecule has 1 aliphatic carbocycles. The Morgan fingerprint density at radius 3 is 2.72 bits per heavy atom. The molecule has 0 spiro atoms. The quantitative estimate of drug-likeness (QED) is 0.871. The molecular formula is C13H21N5. The average molecular weight is 247 g/mol. The highest BCUT2D eigenvalue weighted by Gasteiger charge is 2.34. The zero-order valence-electron chi connectivity index (χ0n) is 11.2. The summed E-state index contributed by atoms with van der Waals surface area (Å²) in [7, 11) is 0. The van der Waals surface area contributed by atoms with Crippen LogP contribution in [0.3, 0.4) is 0 Å². The van der Waals surface area contributed by atoms with Gasteiger partial charge in [-0.2, -0.15) is 5.10 Å². The van der Waals surface area contributed by atoms with E-state index in [4.69, 9.17) is 0 Å². The lowest BCUT2D eigenvalue weighted by Crippen LogP contribution is -2.25. The Hall–Kier alpha value is -1.23. The van der Waals surface area contributed by atoms with Crippen LogP contribution in [0.25, 0.3) is 0 Å². The highest BCUT2D eigenvalue weighted by atomic mass is 15.2. The van der Waals surface area contributed by atoms with Crippen LogP contribution in [0.2, 0.25) is 0 Å². The first-order valence-electron chi connectivity index (χ1n) is 6.88. The molecule has 18 heavy (non-hydrogen) atoms. The van der Waals surface area contributed by atoms with Crippen molar-refractivity contribution in [1.29, 1.82) is 0 Å². The minimum absolute atomic E-state index is 0.669. The number of nitrogens with zero attached hydrogens (tertiary/aromatic N) is 4. The fraction of sp³-hybridized carbons (Fsp3) is 0.769. The van der Waals surface area contributed by atoms with E-state index in [1.807, 2.05) is 13.8 Å². The van der Waals surface area contributed by atoms with Crippen molar-refractivity contribution in [3.05, 3.63) is 11.4 Å². The molecule has 2 heterocycles. The van der Waals surface area contributed by atoms with E-state index in [2.05, 4.69) is 25.4 Å². The molecule has 5 nitrogen and oxygen atoms in total. The van der Waals surface area contributed by atoms with Gasteiger partial charge in [-0.25, -0.2) is 4.98 Å². The van der Waals surface area contributed by atoms with Crippen molar-refractivity contribution in [3.63, 3.8) is 0 Å². The molecule has 1 N–H and O–H groups in total. The van der Waals surface area contributed by atoms with Gasteiger partial charge in [0.1, 0.15) is 0 Å². The van der Waals surface area contributed by atoms with Crippen molar-refractivity contribution in [2.75, 3.05) is 25.0 Å². The summed E-state index contributed by atoms with van der Waals surface area (Å²) in [4.78, 5) is 7.03. The molecule has 1 aromatic heterocycles.